The molecule has 1 heterocycles. The lowest BCUT2D eigenvalue weighted by molar-refractivity contribution is -0.113. The van der Waals surface area contributed by atoms with E-state index >= 15 is 0 Å². The molecule has 0 aliphatic carbocycles. The highest BCUT2D eigenvalue weighted by molar-refractivity contribution is 6.52. The molecule has 0 radical (unpaired) electrons. The summed E-state index contributed by atoms with van der Waals surface area (Å²) in [5.41, 5.74) is 0. The number of carbonyl (C=O) groups excluding carboxylic acids is 1. The maximum Gasteiger partial charge on any atom is 0.198 e. The molecule has 0 saturated carbocycles. The summed E-state index contributed by atoms with van der Waals surface area (Å²) < 4.78 is 0. The number of carbonyl (C=O) groups is 1. The quantitative estimate of drug-likeness (QED) is 0.496. The molecule has 0 fully saturated rings. The van der Waals surface area contributed by atoms with Crippen LogP contribution in [0.5, 0.6) is 0 Å². The first-order chi connectivity index (χ1) is 4.22. The van der Waals surface area contributed by atoms with Gasteiger partial charge in [-0.25, -0.2) is 0 Å². The van der Waals surface area contributed by atoms with E-state index in [2.05, 4.69) is 4.99 Å². The summed E-state index contributed by atoms with van der Waals surface area (Å²) in [5.74, 6) is -0.284. The standard InChI is InChI=1S/C5H3Cl2NO/c6-3-1-8-2-4(7)5(3)9/h1-3H/t3-/m1/s1. The van der Waals surface area contributed by atoms with Crippen molar-refractivity contribution in [3.8, 4) is 0 Å². The van der Waals surface area contributed by atoms with E-state index in [1.165, 1.54) is 12.4 Å². The van der Waals surface area contributed by atoms with Gasteiger partial charge in [-0.15, -0.1) is 11.6 Å². The van der Waals surface area contributed by atoms with Gasteiger partial charge in [-0.1, -0.05) is 11.6 Å². The molecule has 0 N–H and O–H groups in total. The number of halogens is 2. The van der Waals surface area contributed by atoms with Gasteiger partial charge >= 0.3 is 0 Å². The van der Waals surface area contributed by atoms with Crippen LogP contribution in [0.3, 0.4) is 0 Å². The van der Waals surface area contributed by atoms with Gasteiger partial charge in [0, 0.05) is 12.4 Å². The molecule has 0 spiro atoms. The van der Waals surface area contributed by atoms with E-state index in [1.54, 1.807) is 0 Å². The van der Waals surface area contributed by atoms with Crippen LogP contribution in [0.25, 0.3) is 0 Å². The Labute approximate surface area is 62.2 Å². The van der Waals surface area contributed by atoms with Gasteiger partial charge in [0.1, 0.15) is 10.4 Å². The topological polar surface area (TPSA) is 29.4 Å². The van der Waals surface area contributed by atoms with Crippen molar-refractivity contribution in [3.05, 3.63) is 11.2 Å². The third-order valence-electron chi connectivity index (χ3n) is 0.891. The number of ketones is 1. The number of aliphatic imine (C=N–C) groups is 1. The Morgan fingerprint density at radius 1 is 1.67 bits per heavy atom. The first kappa shape index (κ1) is 6.78. The van der Waals surface area contributed by atoms with E-state index < -0.39 is 5.38 Å². The Kier molecular flexibility index (Phi) is 1.88. The Hall–Kier alpha value is -0.340. The van der Waals surface area contributed by atoms with Crippen LogP contribution in [0.4, 0.5) is 0 Å². The van der Waals surface area contributed by atoms with E-state index in [-0.39, 0.29) is 10.8 Å². The lowest BCUT2D eigenvalue weighted by Gasteiger charge is -2.03. The first-order valence-electron chi connectivity index (χ1n) is 2.29. The molecule has 9 heavy (non-hydrogen) atoms. The second-order valence-electron chi connectivity index (χ2n) is 1.54. The van der Waals surface area contributed by atoms with E-state index in [1.807, 2.05) is 0 Å². The molecular weight excluding hydrogens is 161 g/mol. The zero-order chi connectivity index (χ0) is 6.85. The zero-order valence-electron chi connectivity index (χ0n) is 4.34. The van der Waals surface area contributed by atoms with Gasteiger partial charge in [-0.3, -0.25) is 9.79 Å². The summed E-state index contributed by atoms with van der Waals surface area (Å²) in [6.45, 7) is 0. The number of hydrogen-bond donors (Lipinski definition) is 0. The summed E-state index contributed by atoms with van der Waals surface area (Å²) in [6, 6.07) is 0. The van der Waals surface area contributed by atoms with Crippen LogP contribution in [-0.2, 0) is 4.79 Å². The highest BCUT2D eigenvalue weighted by Gasteiger charge is 2.18. The Morgan fingerprint density at radius 2 is 2.33 bits per heavy atom. The Morgan fingerprint density at radius 3 is 2.78 bits per heavy atom. The number of allylic oxidation sites excluding steroid dienone is 1. The monoisotopic (exact) mass is 163 g/mol. The van der Waals surface area contributed by atoms with E-state index in [9.17, 15) is 4.79 Å². The molecule has 48 valence electrons. The molecule has 1 rings (SSSR count). The lowest BCUT2D eigenvalue weighted by atomic mass is 10.2. The molecule has 0 unspecified atom stereocenters. The normalized spacial score (nSPS) is 26.2. The molecule has 0 amide bonds. The molecular formula is C5H3Cl2NO. The summed E-state index contributed by atoms with van der Waals surface area (Å²) in [5, 5.41) is -0.583. The molecule has 0 bridgehead atoms. The minimum absolute atomic E-state index is 0.0949. The Balaban J connectivity index is 2.86. The minimum atomic E-state index is -0.678. The van der Waals surface area contributed by atoms with Crippen LogP contribution >= 0.6 is 23.2 Å². The van der Waals surface area contributed by atoms with Crippen molar-refractivity contribution in [2.75, 3.05) is 0 Å². The smallest absolute Gasteiger partial charge is 0.198 e. The van der Waals surface area contributed by atoms with Crippen molar-refractivity contribution in [2.45, 2.75) is 5.38 Å². The predicted molar refractivity (Wildman–Crippen MR) is 37.1 cm³/mol. The number of alkyl halides is 1. The maximum absolute atomic E-state index is 10.7. The molecule has 0 aromatic carbocycles. The van der Waals surface area contributed by atoms with Gasteiger partial charge in [0.05, 0.1) is 0 Å². The van der Waals surface area contributed by atoms with Gasteiger partial charge in [0.2, 0.25) is 0 Å². The second kappa shape index (κ2) is 2.50. The van der Waals surface area contributed by atoms with Crippen molar-refractivity contribution in [1.29, 1.82) is 0 Å². The fourth-order valence-corrected chi connectivity index (χ4v) is 0.859. The van der Waals surface area contributed by atoms with Gasteiger partial charge in [0.25, 0.3) is 0 Å². The molecule has 1 aliphatic rings. The average molecular weight is 164 g/mol. The molecule has 0 aromatic rings. The second-order valence-corrected chi connectivity index (χ2v) is 2.42. The summed E-state index contributed by atoms with van der Waals surface area (Å²) in [7, 11) is 0. The van der Waals surface area contributed by atoms with Crippen molar-refractivity contribution >= 4 is 35.2 Å². The van der Waals surface area contributed by atoms with Crippen LogP contribution in [0.2, 0.25) is 0 Å². The van der Waals surface area contributed by atoms with Crippen LogP contribution in [0, 0.1) is 0 Å². The van der Waals surface area contributed by atoms with Crippen LogP contribution in [0.15, 0.2) is 16.2 Å². The largest absolute Gasteiger partial charge is 0.291 e. The third kappa shape index (κ3) is 1.32. The highest BCUT2D eigenvalue weighted by Crippen LogP contribution is 2.12. The van der Waals surface area contributed by atoms with E-state index in [0.717, 1.165) is 0 Å². The van der Waals surface area contributed by atoms with Crippen molar-refractivity contribution in [2.24, 2.45) is 4.99 Å². The molecule has 1 atom stereocenters. The van der Waals surface area contributed by atoms with Crippen LogP contribution in [-0.4, -0.2) is 17.4 Å². The number of hydrogen-bond acceptors (Lipinski definition) is 2. The van der Waals surface area contributed by atoms with Crippen molar-refractivity contribution in [3.63, 3.8) is 0 Å². The maximum atomic E-state index is 10.7. The average Bonchev–Trinajstić information content (AvgIpc) is 1.83. The summed E-state index contributed by atoms with van der Waals surface area (Å²) >= 11 is 10.8. The van der Waals surface area contributed by atoms with Crippen LogP contribution in [0.1, 0.15) is 0 Å². The number of rotatable bonds is 0. The van der Waals surface area contributed by atoms with Crippen molar-refractivity contribution in [1.82, 2.24) is 0 Å². The van der Waals surface area contributed by atoms with Crippen LogP contribution < -0.4 is 0 Å². The van der Waals surface area contributed by atoms with Gasteiger partial charge < -0.3 is 0 Å². The van der Waals surface area contributed by atoms with Gasteiger partial charge in [-0.05, 0) is 0 Å². The fourth-order valence-electron chi connectivity index (χ4n) is 0.447. The molecule has 0 aromatic heterocycles. The zero-order valence-corrected chi connectivity index (χ0v) is 5.86. The number of Topliss-reactive ketones (excluding diaryl/α,β-unsaturated/α-hetero) is 1. The van der Waals surface area contributed by atoms with E-state index in [0.29, 0.717) is 0 Å². The lowest BCUT2D eigenvalue weighted by Crippen LogP contribution is -2.18. The SMILES string of the molecule is O=C1C(Cl)=CN=C[C@H]1Cl. The van der Waals surface area contributed by atoms with E-state index in [4.69, 9.17) is 23.2 Å². The molecule has 0 saturated heterocycles. The predicted octanol–water partition coefficient (Wildman–Crippen LogP) is 1.33. The van der Waals surface area contributed by atoms with Gasteiger partial charge in [-0.2, -0.15) is 0 Å². The minimum Gasteiger partial charge on any atom is -0.291 e. The third-order valence-corrected chi connectivity index (χ3v) is 1.49. The molecule has 1 aliphatic heterocycles. The summed E-state index contributed by atoms with van der Waals surface area (Å²) in [4.78, 5) is 14.3. The van der Waals surface area contributed by atoms with Gasteiger partial charge in [0.15, 0.2) is 5.78 Å². The highest BCUT2D eigenvalue weighted by atomic mass is 35.5. The van der Waals surface area contributed by atoms with Crippen molar-refractivity contribution < 1.29 is 4.79 Å². The number of nitrogens with zero attached hydrogens (tertiary/aromatic N) is 1. The Bertz CT molecular complexity index is 197. The fraction of sp³-hybridized carbons (Fsp3) is 0.200. The molecule has 2 nitrogen and oxygen atoms in total. The first-order valence-corrected chi connectivity index (χ1v) is 3.10. The molecule has 4 heteroatoms. The summed E-state index contributed by atoms with van der Waals surface area (Å²) in [6.07, 6.45) is 2.62.